The fourth-order valence-electron chi connectivity index (χ4n) is 2.76. The van der Waals surface area contributed by atoms with Crippen LogP contribution < -0.4 is 10.1 Å². The molecule has 1 aliphatic rings. The summed E-state index contributed by atoms with van der Waals surface area (Å²) in [5.41, 5.74) is 0. The third-order valence-corrected chi connectivity index (χ3v) is 4.22. The van der Waals surface area contributed by atoms with Gasteiger partial charge in [0.1, 0.15) is 11.9 Å². The van der Waals surface area contributed by atoms with Gasteiger partial charge in [-0.25, -0.2) is 0 Å². The molecule has 0 aliphatic carbocycles. The number of nitrogens with one attached hydrogen (secondary N) is 1. The van der Waals surface area contributed by atoms with E-state index in [4.69, 9.17) is 21.1 Å². The van der Waals surface area contributed by atoms with Gasteiger partial charge in [0.2, 0.25) is 0 Å². The summed E-state index contributed by atoms with van der Waals surface area (Å²) in [6.07, 6.45) is 1.13. The SMILES string of the molecule is CN=C(NCC(C)Oc1ccccc1Cl)N1CCC(COC)C1. The molecule has 128 valence electrons. The van der Waals surface area contributed by atoms with Crippen LogP contribution in [0.4, 0.5) is 0 Å². The van der Waals surface area contributed by atoms with Gasteiger partial charge in [0.15, 0.2) is 5.96 Å². The number of ether oxygens (including phenoxy) is 2. The van der Waals surface area contributed by atoms with Gasteiger partial charge >= 0.3 is 0 Å². The summed E-state index contributed by atoms with van der Waals surface area (Å²) in [6.45, 7) is 5.48. The zero-order chi connectivity index (χ0) is 16.7. The number of guanidine groups is 1. The highest BCUT2D eigenvalue weighted by atomic mass is 35.5. The molecule has 2 unspecified atom stereocenters. The third kappa shape index (κ3) is 5.29. The summed E-state index contributed by atoms with van der Waals surface area (Å²) >= 11 is 6.12. The number of para-hydroxylation sites is 1. The summed E-state index contributed by atoms with van der Waals surface area (Å²) < 4.78 is 11.1. The molecule has 0 spiro atoms. The summed E-state index contributed by atoms with van der Waals surface area (Å²) in [4.78, 5) is 6.64. The van der Waals surface area contributed by atoms with Crippen LogP contribution in [0.5, 0.6) is 5.75 Å². The molecule has 0 radical (unpaired) electrons. The Bertz CT molecular complexity index is 524. The Hall–Kier alpha value is -1.46. The van der Waals surface area contributed by atoms with Crippen LogP contribution in [-0.4, -0.2) is 57.4 Å². The highest BCUT2D eigenvalue weighted by Crippen LogP contribution is 2.24. The molecule has 1 aliphatic heterocycles. The summed E-state index contributed by atoms with van der Waals surface area (Å²) in [5, 5.41) is 4.01. The molecule has 2 rings (SSSR count). The van der Waals surface area contributed by atoms with Gasteiger partial charge in [0.05, 0.1) is 18.2 Å². The molecule has 1 aromatic rings. The normalized spacial score (nSPS) is 19.7. The van der Waals surface area contributed by atoms with E-state index in [0.29, 0.717) is 23.2 Å². The smallest absolute Gasteiger partial charge is 0.193 e. The maximum absolute atomic E-state index is 6.12. The van der Waals surface area contributed by atoms with Crippen molar-refractivity contribution in [2.24, 2.45) is 10.9 Å². The first-order valence-electron chi connectivity index (χ1n) is 7.99. The molecule has 5 nitrogen and oxygen atoms in total. The van der Waals surface area contributed by atoms with Gasteiger partial charge in [-0.1, -0.05) is 23.7 Å². The van der Waals surface area contributed by atoms with E-state index < -0.39 is 0 Å². The number of rotatable bonds is 6. The van der Waals surface area contributed by atoms with Gasteiger partial charge in [-0.2, -0.15) is 0 Å². The van der Waals surface area contributed by atoms with Crippen LogP contribution in [0, 0.1) is 5.92 Å². The van der Waals surface area contributed by atoms with E-state index in [2.05, 4.69) is 15.2 Å². The van der Waals surface area contributed by atoms with Crippen LogP contribution in [0.1, 0.15) is 13.3 Å². The Labute approximate surface area is 143 Å². The number of nitrogens with zero attached hydrogens (tertiary/aromatic N) is 2. The Kier molecular flexibility index (Phi) is 6.99. The van der Waals surface area contributed by atoms with Crippen molar-refractivity contribution in [2.45, 2.75) is 19.4 Å². The van der Waals surface area contributed by atoms with Crippen LogP contribution >= 0.6 is 11.6 Å². The van der Waals surface area contributed by atoms with E-state index in [0.717, 1.165) is 32.1 Å². The second-order valence-electron chi connectivity index (χ2n) is 5.84. The van der Waals surface area contributed by atoms with Crippen molar-refractivity contribution in [3.05, 3.63) is 29.3 Å². The largest absolute Gasteiger partial charge is 0.487 e. The number of hydrogen-bond acceptors (Lipinski definition) is 3. The number of halogens is 1. The van der Waals surface area contributed by atoms with Crippen molar-refractivity contribution in [3.63, 3.8) is 0 Å². The van der Waals surface area contributed by atoms with E-state index in [1.807, 2.05) is 38.2 Å². The van der Waals surface area contributed by atoms with E-state index in [1.165, 1.54) is 0 Å². The second-order valence-corrected chi connectivity index (χ2v) is 6.25. The van der Waals surface area contributed by atoms with Gasteiger partial charge in [-0.05, 0) is 25.5 Å². The lowest BCUT2D eigenvalue weighted by atomic mass is 10.1. The molecule has 0 saturated carbocycles. The molecule has 1 N–H and O–H groups in total. The van der Waals surface area contributed by atoms with Crippen molar-refractivity contribution in [1.29, 1.82) is 0 Å². The minimum atomic E-state index is -0.0102. The minimum Gasteiger partial charge on any atom is -0.487 e. The summed E-state index contributed by atoms with van der Waals surface area (Å²) in [7, 11) is 3.56. The Balaban J connectivity index is 1.80. The predicted octanol–water partition coefficient (Wildman–Crippen LogP) is 2.65. The van der Waals surface area contributed by atoms with Crippen molar-refractivity contribution in [1.82, 2.24) is 10.2 Å². The lowest BCUT2D eigenvalue weighted by Gasteiger charge is -2.24. The van der Waals surface area contributed by atoms with Gasteiger partial charge in [0, 0.05) is 33.2 Å². The average molecular weight is 340 g/mol. The first-order valence-corrected chi connectivity index (χ1v) is 8.37. The number of likely N-dealkylation sites (tertiary alicyclic amines) is 1. The predicted molar refractivity (Wildman–Crippen MR) is 94.5 cm³/mol. The number of aliphatic imine (C=N–C) groups is 1. The first kappa shape index (κ1) is 17.9. The van der Waals surface area contributed by atoms with E-state index in [9.17, 15) is 0 Å². The molecule has 1 aromatic carbocycles. The van der Waals surface area contributed by atoms with Gasteiger partial charge in [-0.15, -0.1) is 0 Å². The highest BCUT2D eigenvalue weighted by molar-refractivity contribution is 6.32. The monoisotopic (exact) mass is 339 g/mol. The van der Waals surface area contributed by atoms with Gasteiger partial charge < -0.3 is 19.7 Å². The molecule has 6 heteroatoms. The van der Waals surface area contributed by atoms with Crippen molar-refractivity contribution in [2.75, 3.05) is 40.4 Å². The number of benzene rings is 1. The minimum absolute atomic E-state index is 0.0102. The van der Waals surface area contributed by atoms with Crippen LogP contribution in [0.15, 0.2) is 29.3 Å². The zero-order valence-corrected chi connectivity index (χ0v) is 14.8. The molecule has 0 amide bonds. The van der Waals surface area contributed by atoms with Gasteiger partial charge in [-0.3, -0.25) is 4.99 Å². The fraction of sp³-hybridized carbons (Fsp3) is 0.588. The van der Waals surface area contributed by atoms with E-state index >= 15 is 0 Å². The van der Waals surface area contributed by atoms with E-state index in [-0.39, 0.29) is 6.10 Å². The molecule has 0 bridgehead atoms. The molecule has 23 heavy (non-hydrogen) atoms. The average Bonchev–Trinajstić information content (AvgIpc) is 2.99. The maximum Gasteiger partial charge on any atom is 0.193 e. The van der Waals surface area contributed by atoms with Crippen LogP contribution in [0.3, 0.4) is 0 Å². The van der Waals surface area contributed by atoms with Crippen molar-refractivity contribution >= 4 is 17.6 Å². The first-order chi connectivity index (χ1) is 11.1. The standard InChI is InChI=1S/C17H26ClN3O2/c1-13(23-16-7-5-4-6-15(16)18)10-20-17(19-2)21-9-8-14(11-21)12-22-3/h4-7,13-14H,8-12H2,1-3H3,(H,19,20). The maximum atomic E-state index is 6.12. The molecular weight excluding hydrogens is 314 g/mol. The molecule has 1 saturated heterocycles. The molecular formula is C17H26ClN3O2. The van der Waals surface area contributed by atoms with Crippen molar-refractivity contribution in [3.8, 4) is 5.75 Å². The van der Waals surface area contributed by atoms with Crippen LogP contribution in [-0.2, 0) is 4.74 Å². The quantitative estimate of drug-likeness (QED) is 0.639. The Morgan fingerprint density at radius 2 is 2.26 bits per heavy atom. The third-order valence-electron chi connectivity index (χ3n) is 3.91. The molecule has 1 heterocycles. The summed E-state index contributed by atoms with van der Waals surface area (Å²) in [6, 6.07) is 7.52. The molecule has 1 fully saturated rings. The van der Waals surface area contributed by atoms with Crippen molar-refractivity contribution < 1.29 is 9.47 Å². The van der Waals surface area contributed by atoms with Crippen LogP contribution in [0.2, 0.25) is 5.02 Å². The summed E-state index contributed by atoms with van der Waals surface area (Å²) in [5.74, 6) is 2.20. The molecule has 0 aromatic heterocycles. The fourth-order valence-corrected chi connectivity index (χ4v) is 2.94. The number of methoxy groups -OCH3 is 1. The Morgan fingerprint density at radius 1 is 1.48 bits per heavy atom. The molecule has 2 atom stereocenters. The highest BCUT2D eigenvalue weighted by Gasteiger charge is 2.24. The topological polar surface area (TPSA) is 46.1 Å². The van der Waals surface area contributed by atoms with Gasteiger partial charge in [0.25, 0.3) is 0 Å². The lowest BCUT2D eigenvalue weighted by molar-refractivity contribution is 0.157. The Morgan fingerprint density at radius 3 is 2.96 bits per heavy atom. The number of hydrogen-bond donors (Lipinski definition) is 1. The zero-order valence-electron chi connectivity index (χ0n) is 14.1. The second kappa shape index (κ2) is 8.99. The van der Waals surface area contributed by atoms with E-state index in [1.54, 1.807) is 7.11 Å². The van der Waals surface area contributed by atoms with Crippen LogP contribution in [0.25, 0.3) is 0 Å². The lowest BCUT2D eigenvalue weighted by Crippen LogP contribution is -2.43.